The Morgan fingerprint density at radius 1 is 0.914 bits per heavy atom. The molecule has 4 rings (SSSR count). The second-order valence-electron chi connectivity index (χ2n) is 8.62. The average Bonchev–Trinajstić information content (AvgIpc) is 2.88. The zero-order valence-corrected chi connectivity index (χ0v) is 19.7. The summed E-state index contributed by atoms with van der Waals surface area (Å²) in [6.07, 6.45) is 1.14. The summed E-state index contributed by atoms with van der Waals surface area (Å²) in [5.41, 5.74) is 3.50. The van der Waals surface area contributed by atoms with E-state index < -0.39 is 5.97 Å². The van der Waals surface area contributed by atoms with Crippen LogP contribution in [-0.4, -0.2) is 17.0 Å². The smallest absolute Gasteiger partial charge is 0.303 e. The lowest BCUT2D eigenvalue weighted by Crippen LogP contribution is -2.20. The van der Waals surface area contributed by atoms with Crippen molar-refractivity contribution >= 4 is 28.3 Å². The molecule has 0 saturated heterocycles. The Bertz CT molecular complexity index is 1310. The summed E-state index contributed by atoms with van der Waals surface area (Å²) in [4.78, 5) is 24.3. The molecule has 35 heavy (non-hydrogen) atoms. The van der Waals surface area contributed by atoms with E-state index in [4.69, 9.17) is 9.84 Å². The SMILES string of the molecule is CC(C(=O)Nc1cc(COc2ccccc2)ccc1CCCC(=O)O)c1cccc2ccccc12. The first-order valence-corrected chi connectivity index (χ1v) is 11.8. The van der Waals surface area contributed by atoms with Crippen molar-refractivity contribution in [2.24, 2.45) is 0 Å². The number of fused-ring (bicyclic) bond motifs is 1. The van der Waals surface area contributed by atoms with Crippen LogP contribution in [0.2, 0.25) is 0 Å². The van der Waals surface area contributed by atoms with Gasteiger partial charge in [0, 0.05) is 12.1 Å². The van der Waals surface area contributed by atoms with Crippen LogP contribution in [0.3, 0.4) is 0 Å². The highest BCUT2D eigenvalue weighted by Crippen LogP contribution is 2.28. The Balaban J connectivity index is 1.55. The topological polar surface area (TPSA) is 75.6 Å². The fraction of sp³-hybridized carbons (Fsp3) is 0.200. The van der Waals surface area contributed by atoms with Gasteiger partial charge < -0.3 is 15.2 Å². The van der Waals surface area contributed by atoms with Crippen molar-refractivity contribution in [3.8, 4) is 5.75 Å². The Kier molecular flexibility index (Phi) is 7.78. The van der Waals surface area contributed by atoms with Gasteiger partial charge in [-0.2, -0.15) is 0 Å². The first kappa shape index (κ1) is 24.0. The number of rotatable bonds is 10. The molecule has 0 aromatic heterocycles. The lowest BCUT2D eigenvalue weighted by atomic mass is 9.94. The second kappa shape index (κ2) is 11.3. The number of carbonyl (C=O) groups is 2. The number of carboxylic acids is 1. The van der Waals surface area contributed by atoms with E-state index in [1.165, 1.54) is 0 Å². The van der Waals surface area contributed by atoms with Gasteiger partial charge in [-0.25, -0.2) is 0 Å². The number of hydrogen-bond donors (Lipinski definition) is 2. The van der Waals surface area contributed by atoms with Gasteiger partial charge in [0.1, 0.15) is 12.4 Å². The van der Waals surface area contributed by atoms with Crippen LogP contribution in [0.1, 0.15) is 42.4 Å². The quantitative estimate of drug-likeness (QED) is 0.277. The molecular weight excluding hydrogens is 438 g/mol. The molecule has 0 aliphatic rings. The number of nitrogens with one attached hydrogen (secondary N) is 1. The van der Waals surface area contributed by atoms with Crippen molar-refractivity contribution in [2.45, 2.75) is 38.7 Å². The number of hydrogen-bond acceptors (Lipinski definition) is 3. The van der Waals surface area contributed by atoms with E-state index >= 15 is 0 Å². The van der Waals surface area contributed by atoms with Gasteiger partial charge in [0.15, 0.2) is 0 Å². The number of aryl methyl sites for hydroxylation is 1. The van der Waals surface area contributed by atoms with Gasteiger partial charge in [0.05, 0.1) is 5.92 Å². The maximum Gasteiger partial charge on any atom is 0.303 e. The highest BCUT2D eigenvalue weighted by molar-refractivity contribution is 5.99. The molecular formula is C30H29NO4. The van der Waals surface area contributed by atoms with Crippen molar-refractivity contribution in [3.63, 3.8) is 0 Å². The molecule has 0 aliphatic carbocycles. The first-order chi connectivity index (χ1) is 17.0. The van der Waals surface area contributed by atoms with Gasteiger partial charge in [-0.3, -0.25) is 9.59 Å². The Labute approximate surface area is 205 Å². The van der Waals surface area contributed by atoms with Crippen LogP contribution in [0.15, 0.2) is 91.0 Å². The standard InChI is InChI=1S/C30H29NO4/c1-21(26-15-7-10-23-9-5-6-14-27(23)26)30(34)31-28-19-22(20-35-25-12-3-2-4-13-25)17-18-24(28)11-8-16-29(32)33/h2-7,9-10,12-15,17-19,21H,8,11,16,20H2,1H3,(H,31,34)(H,32,33). The van der Waals surface area contributed by atoms with Gasteiger partial charge in [-0.05, 0) is 65.4 Å². The predicted octanol–water partition coefficient (Wildman–Crippen LogP) is 6.57. The number of aliphatic carboxylic acids is 1. The third-order valence-corrected chi connectivity index (χ3v) is 6.10. The van der Waals surface area contributed by atoms with Crippen molar-refractivity contribution in [1.29, 1.82) is 0 Å². The molecule has 0 radical (unpaired) electrons. The molecule has 1 atom stereocenters. The number of carboxylic acid groups (broad SMARTS) is 1. The van der Waals surface area contributed by atoms with Crippen molar-refractivity contribution in [2.75, 3.05) is 5.32 Å². The number of amides is 1. The van der Waals surface area contributed by atoms with Gasteiger partial charge in [0.25, 0.3) is 0 Å². The summed E-state index contributed by atoms with van der Waals surface area (Å²) in [6, 6.07) is 29.4. The summed E-state index contributed by atoms with van der Waals surface area (Å²) in [5.74, 6) is -0.527. The summed E-state index contributed by atoms with van der Waals surface area (Å²) >= 11 is 0. The Hall–Kier alpha value is -4.12. The highest BCUT2D eigenvalue weighted by Gasteiger charge is 2.19. The van der Waals surface area contributed by atoms with Crippen LogP contribution < -0.4 is 10.1 Å². The van der Waals surface area contributed by atoms with E-state index in [0.717, 1.165) is 33.2 Å². The summed E-state index contributed by atoms with van der Waals surface area (Å²) in [7, 11) is 0. The van der Waals surface area contributed by atoms with Crippen LogP contribution in [0.5, 0.6) is 5.75 Å². The number of ether oxygens (including phenoxy) is 1. The van der Waals surface area contributed by atoms with Crippen LogP contribution in [0.4, 0.5) is 5.69 Å². The molecule has 0 heterocycles. The van der Waals surface area contributed by atoms with E-state index in [2.05, 4.69) is 5.32 Å². The van der Waals surface area contributed by atoms with Crippen molar-refractivity contribution in [1.82, 2.24) is 0 Å². The van der Waals surface area contributed by atoms with Gasteiger partial charge in [-0.15, -0.1) is 0 Å². The van der Waals surface area contributed by atoms with Crippen molar-refractivity contribution < 1.29 is 19.4 Å². The third-order valence-electron chi connectivity index (χ3n) is 6.10. The molecule has 5 nitrogen and oxygen atoms in total. The van der Waals surface area contributed by atoms with Crippen LogP contribution in [-0.2, 0) is 22.6 Å². The molecule has 1 unspecified atom stereocenters. The zero-order valence-electron chi connectivity index (χ0n) is 19.7. The second-order valence-corrected chi connectivity index (χ2v) is 8.62. The molecule has 0 spiro atoms. The Morgan fingerprint density at radius 3 is 2.46 bits per heavy atom. The zero-order chi connectivity index (χ0) is 24.6. The van der Waals surface area contributed by atoms with Crippen LogP contribution in [0, 0.1) is 0 Å². The normalized spacial score (nSPS) is 11.7. The fourth-order valence-electron chi connectivity index (χ4n) is 4.17. The molecule has 0 saturated carbocycles. The minimum absolute atomic E-state index is 0.0820. The molecule has 0 fully saturated rings. The van der Waals surface area contributed by atoms with Crippen molar-refractivity contribution in [3.05, 3.63) is 108 Å². The number of anilines is 1. The molecule has 178 valence electrons. The van der Waals surface area contributed by atoms with E-state index in [9.17, 15) is 9.59 Å². The molecule has 0 aliphatic heterocycles. The lowest BCUT2D eigenvalue weighted by Gasteiger charge is -2.18. The minimum atomic E-state index is -0.826. The lowest BCUT2D eigenvalue weighted by molar-refractivity contribution is -0.137. The fourth-order valence-corrected chi connectivity index (χ4v) is 4.17. The average molecular weight is 468 g/mol. The summed E-state index contributed by atoms with van der Waals surface area (Å²) in [5, 5.41) is 14.3. The summed E-state index contributed by atoms with van der Waals surface area (Å²) in [6.45, 7) is 2.27. The van der Waals surface area contributed by atoms with Gasteiger partial charge in [-0.1, -0.05) is 72.8 Å². The number of para-hydroxylation sites is 1. The molecule has 5 heteroatoms. The molecule has 2 N–H and O–H groups in total. The van der Waals surface area contributed by atoms with E-state index in [1.807, 2.05) is 97.9 Å². The predicted molar refractivity (Wildman–Crippen MR) is 139 cm³/mol. The molecule has 4 aromatic rings. The van der Waals surface area contributed by atoms with E-state index in [1.54, 1.807) is 0 Å². The monoisotopic (exact) mass is 467 g/mol. The number of carbonyl (C=O) groups excluding carboxylic acids is 1. The van der Waals surface area contributed by atoms with E-state index in [0.29, 0.717) is 25.1 Å². The van der Waals surface area contributed by atoms with Gasteiger partial charge in [0.2, 0.25) is 5.91 Å². The van der Waals surface area contributed by atoms with E-state index in [-0.39, 0.29) is 18.2 Å². The summed E-state index contributed by atoms with van der Waals surface area (Å²) < 4.78 is 5.88. The minimum Gasteiger partial charge on any atom is -0.489 e. The van der Waals surface area contributed by atoms with Gasteiger partial charge >= 0.3 is 5.97 Å². The molecule has 1 amide bonds. The van der Waals surface area contributed by atoms with Crippen LogP contribution >= 0.6 is 0 Å². The van der Waals surface area contributed by atoms with Crippen LogP contribution in [0.25, 0.3) is 10.8 Å². The largest absolute Gasteiger partial charge is 0.489 e. The third kappa shape index (κ3) is 6.27. The maximum absolute atomic E-state index is 13.3. The number of benzene rings is 4. The Morgan fingerprint density at radius 2 is 1.66 bits per heavy atom. The highest BCUT2D eigenvalue weighted by atomic mass is 16.5. The molecule has 0 bridgehead atoms. The maximum atomic E-state index is 13.3. The first-order valence-electron chi connectivity index (χ1n) is 11.8. The molecule has 4 aromatic carbocycles.